The summed E-state index contributed by atoms with van der Waals surface area (Å²) in [6.45, 7) is 2.89. The minimum Gasteiger partial charge on any atom is -0.398 e. The number of nitrogens with two attached hydrogens (primary N) is 2. The quantitative estimate of drug-likeness (QED) is 0.668. The SMILES string of the molecule is CC(CN(C)C)Nc1ccc(S(N)(=O)=O)c(N)c1. The number of hydrogen-bond donors (Lipinski definition) is 3. The van der Waals surface area contributed by atoms with E-state index in [0.29, 0.717) is 0 Å². The van der Waals surface area contributed by atoms with E-state index in [0.717, 1.165) is 12.2 Å². The third-order valence-electron chi connectivity index (χ3n) is 2.37. The Morgan fingerprint density at radius 1 is 1.39 bits per heavy atom. The molecule has 7 heteroatoms. The van der Waals surface area contributed by atoms with Crippen LogP contribution in [0.2, 0.25) is 0 Å². The minimum atomic E-state index is -3.76. The molecular formula is C11H20N4O2S. The molecule has 0 heterocycles. The second-order valence-electron chi connectivity index (χ2n) is 4.61. The van der Waals surface area contributed by atoms with E-state index in [1.54, 1.807) is 12.1 Å². The topological polar surface area (TPSA) is 101 Å². The highest BCUT2D eigenvalue weighted by atomic mass is 32.2. The minimum absolute atomic E-state index is 0.0479. The fourth-order valence-corrected chi connectivity index (χ4v) is 2.42. The average molecular weight is 272 g/mol. The van der Waals surface area contributed by atoms with Crippen molar-refractivity contribution in [3.05, 3.63) is 18.2 Å². The van der Waals surface area contributed by atoms with E-state index in [1.165, 1.54) is 6.07 Å². The van der Waals surface area contributed by atoms with Crippen molar-refractivity contribution >= 4 is 21.4 Å². The normalized spacial score (nSPS) is 13.6. The molecule has 0 aromatic heterocycles. The summed E-state index contributed by atoms with van der Waals surface area (Å²) in [5, 5.41) is 8.28. The Morgan fingerprint density at radius 2 is 2.00 bits per heavy atom. The van der Waals surface area contributed by atoms with Gasteiger partial charge in [-0.2, -0.15) is 0 Å². The van der Waals surface area contributed by atoms with Crippen molar-refractivity contribution in [1.82, 2.24) is 4.90 Å². The molecule has 1 rings (SSSR count). The monoisotopic (exact) mass is 272 g/mol. The van der Waals surface area contributed by atoms with Crippen molar-refractivity contribution in [2.75, 3.05) is 31.7 Å². The molecule has 0 aliphatic rings. The summed E-state index contributed by atoms with van der Waals surface area (Å²) in [6, 6.07) is 4.86. The molecule has 0 spiro atoms. The van der Waals surface area contributed by atoms with Crippen LogP contribution in [0.5, 0.6) is 0 Å². The zero-order valence-electron chi connectivity index (χ0n) is 10.8. The molecule has 1 unspecified atom stereocenters. The number of likely N-dealkylation sites (N-methyl/N-ethyl adjacent to an activating group) is 1. The van der Waals surface area contributed by atoms with Crippen LogP contribution in [0.4, 0.5) is 11.4 Å². The summed E-state index contributed by atoms with van der Waals surface area (Å²) in [5.41, 5.74) is 6.60. The molecule has 0 saturated heterocycles. The summed E-state index contributed by atoms with van der Waals surface area (Å²) in [7, 11) is 0.207. The van der Waals surface area contributed by atoms with Crippen LogP contribution >= 0.6 is 0 Å². The van der Waals surface area contributed by atoms with Crippen LogP contribution in [-0.4, -0.2) is 40.0 Å². The van der Waals surface area contributed by atoms with E-state index >= 15 is 0 Å². The standard InChI is InChI=1S/C11H20N4O2S/c1-8(7-15(2)3)14-9-4-5-11(10(12)6-9)18(13,16)17/h4-6,8,14H,7,12H2,1-3H3,(H2,13,16,17). The van der Waals surface area contributed by atoms with Crippen LogP contribution in [0.25, 0.3) is 0 Å². The number of nitrogens with zero attached hydrogens (tertiary/aromatic N) is 1. The lowest BCUT2D eigenvalue weighted by atomic mass is 10.2. The van der Waals surface area contributed by atoms with Crippen molar-refractivity contribution in [2.45, 2.75) is 17.9 Å². The van der Waals surface area contributed by atoms with E-state index in [9.17, 15) is 8.42 Å². The van der Waals surface area contributed by atoms with Crippen LogP contribution < -0.4 is 16.2 Å². The number of nitrogen functional groups attached to an aromatic ring is 1. The highest BCUT2D eigenvalue weighted by molar-refractivity contribution is 7.89. The Morgan fingerprint density at radius 3 is 2.44 bits per heavy atom. The number of anilines is 2. The summed E-state index contributed by atoms with van der Waals surface area (Å²) < 4.78 is 22.4. The van der Waals surface area contributed by atoms with Crippen molar-refractivity contribution in [1.29, 1.82) is 0 Å². The number of nitrogens with one attached hydrogen (secondary N) is 1. The summed E-state index contributed by atoms with van der Waals surface area (Å²) in [6.07, 6.45) is 0. The zero-order chi connectivity index (χ0) is 13.9. The van der Waals surface area contributed by atoms with Crippen molar-refractivity contribution in [3.63, 3.8) is 0 Å². The Labute approximate surface area is 108 Å². The molecule has 0 bridgehead atoms. The smallest absolute Gasteiger partial charge is 0.240 e. The predicted octanol–water partition coefficient (Wildman–Crippen LogP) is 0.278. The van der Waals surface area contributed by atoms with E-state index in [4.69, 9.17) is 10.9 Å². The molecule has 0 fully saturated rings. The van der Waals surface area contributed by atoms with Crippen molar-refractivity contribution < 1.29 is 8.42 Å². The van der Waals surface area contributed by atoms with E-state index in [1.807, 2.05) is 21.0 Å². The molecule has 0 aliphatic carbocycles. The van der Waals surface area contributed by atoms with E-state index < -0.39 is 10.0 Å². The average Bonchev–Trinajstić information content (AvgIpc) is 2.13. The Hall–Kier alpha value is -1.31. The molecule has 5 N–H and O–H groups in total. The Bertz CT molecular complexity index is 514. The first kappa shape index (κ1) is 14.7. The first-order valence-electron chi connectivity index (χ1n) is 5.53. The van der Waals surface area contributed by atoms with Gasteiger partial charge in [-0.3, -0.25) is 0 Å². The maximum Gasteiger partial charge on any atom is 0.240 e. The molecular weight excluding hydrogens is 252 g/mol. The molecule has 0 radical (unpaired) electrons. The Kier molecular flexibility index (Phi) is 4.55. The van der Waals surface area contributed by atoms with Crippen LogP contribution in [0.1, 0.15) is 6.92 Å². The van der Waals surface area contributed by atoms with Crippen molar-refractivity contribution in [2.24, 2.45) is 5.14 Å². The third-order valence-corrected chi connectivity index (χ3v) is 3.35. The van der Waals surface area contributed by atoms with Crippen LogP contribution in [-0.2, 0) is 10.0 Å². The largest absolute Gasteiger partial charge is 0.398 e. The molecule has 1 aromatic rings. The number of benzene rings is 1. The molecule has 1 atom stereocenters. The van der Waals surface area contributed by atoms with Gasteiger partial charge < -0.3 is 16.0 Å². The molecule has 6 nitrogen and oxygen atoms in total. The molecule has 18 heavy (non-hydrogen) atoms. The fraction of sp³-hybridized carbons (Fsp3) is 0.455. The molecule has 0 aliphatic heterocycles. The number of sulfonamides is 1. The van der Waals surface area contributed by atoms with Gasteiger partial charge in [0.1, 0.15) is 4.90 Å². The second kappa shape index (κ2) is 5.55. The van der Waals surface area contributed by atoms with Gasteiger partial charge in [0, 0.05) is 18.3 Å². The van der Waals surface area contributed by atoms with Gasteiger partial charge in [0.25, 0.3) is 0 Å². The van der Waals surface area contributed by atoms with Gasteiger partial charge >= 0.3 is 0 Å². The van der Waals surface area contributed by atoms with Crippen LogP contribution in [0, 0.1) is 0 Å². The van der Waals surface area contributed by atoms with Gasteiger partial charge in [0.05, 0.1) is 5.69 Å². The lowest BCUT2D eigenvalue weighted by Crippen LogP contribution is -2.29. The lowest BCUT2D eigenvalue weighted by Gasteiger charge is -2.19. The zero-order valence-corrected chi connectivity index (χ0v) is 11.7. The van der Waals surface area contributed by atoms with E-state index in [-0.39, 0.29) is 16.6 Å². The highest BCUT2D eigenvalue weighted by Gasteiger charge is 2.13. The maximum absolute atomic E-state index is 11.2. The number of rotatable bonds is 5. The first-order valence-corrected chi connectivity index (χ1v) is 7.08. The third kappa shape index (κ3) is 4.17. The summed E-state index contributed by atoms with van der Waals surface area (Å²) in [4.78, 5) is 2.01. The maximum atomic E-state index is 11.2. The van der Waals surface area contributed by atoms with Crippen molar-refractivity contribution in [3.8, 4) is 0 Å². The Balaban J connectivity index is 2.86. The number of hydrogen-bond acceptors (Lipinski definition) is 5. The second-order valence-corrected chi connectivity index (χ2v) is 6.14. The van der Waals surface area contributed by atoms with Gasteiger partial charge in [-0.25, -0.2) is 13.6 Å². The molecule has 102 valence electrons. The molecule has 1 aromatic carbocycles. The predicted molar refractivity (Wildman–Crippen MR) is 73.9 cm³/mol. The van der Waals surface area contributed by atoms with Gasteiger partial charge in [0.15, 0.2) is 0 Å². The highest BCUT2D eigenvalue weighted by Crippen LogP contribution is 2.21. The summed E-state index contributed by atoms with van der Waals surface area (Å²) >= 11 is 0. The van der Waals surface area contributed by atoms with Crippen LogP contribution in [0.15, 0.2) is 23.1 Å². The van der Waals surface area contributed by atoms with Crippen LogP contribution in [0.3, 0.4) is 0 Å². The fourth-order valence-electron chi connectivity index (χ4n) is 1.78. The van der Waals surface area contributed by atoms with E-state index in [2.05, 4.69) is 10.2 Å². The number of primary sulfonamides is 1. The summed E-state index contributed by atoms with van der Waals surface area (Å²) in [5.74, 6) is 0. The van der Waals surface area contributed by atoms with Gasteiger partial charge in [-0.15, -0.1) is 0 Å². The van der Waals surface area contributed by atoms with Gasteiger partial charge in [0.2, 0.25) is 10.0 Å². The van der Waals surface area contributed by atoms with Gasteiger partial charge in [-0.1, -0.05) is 0 Å². The molecule has 0 amide bonds. The van der Waals surface area contributed by atoms with Gasteiger partial charge in [-0.05, 0) is 39.2 Å². The lowest BCUT2D eigenvalue weighted by molar-refractivity contribution is 0.392. The molecule has 0 saturated carbocycles. The first-order chi connectivity index (χ1) is 8.20.